The lowest BCUT2D eigenvalue weighted by molar-refractivity contribution is 0.0453. The van der Waals surface area contributed by atoms with Gasteiger partial charge in [0.2, 0.25) is 5.95 Å². The summed E-state index contributed by atoms with van der Waals surface area (Å²) in [4.78, 5) is 31.3. The number of urea groups is 1. The summed E-state index contributed by atoms with van der Waals surface area (Å²) in [6.07, 6.45) is 2.52. The van der Waals surface area contributed by atoms with Crippen LogP contribution in [0.5, 0.6) is 0 Å². The molecule has 0 aliphatic carbocycles. The van der Waals surface area contributed by atoms with E-state index in [2.05, 4.69) is 20.5 Å². The van der Waals surface area contributed by atoms with Crippen molar-refractivity contribution in [3.8, 4) is 0 Å². The Balaban J connectivity index is 1.47. The predicted molar refractivity (Wildman–Crippen MR) is 85.2 cm³/mol. The molecule has 0 radical (unpaired) electrons. The molecule has 0 unspecified atom stereocenters. The minimum Gasteiger partial charge on any atom is -0.441 e. The van der Waals surface area contributed by atoms with Crippen molar-refractivity contribution in [3.63, 3.8) is 0 Å². The Labute approximate surface area is 139 Å². The van der Waals surface area contributed by atoms with Gasteiger partial charge in [-0.25, -0.2) is 9.59 Å². The Bertz CT molecular complexity index is 619. The summed E-state index contributed by atoms with van der Waals surface area (Å²) in [5, 5.41) is 9.32. The van der Waals surface area contributed by atoms with Crippen LogP contribution in [-0.4, -0.2) is 75.9 Å². The van der Waals surface area contributed by atoms with Crippen LogP contribution in [-0.2, 0) is 11.2 Å². The second-order valence-electron chi connectivity index (χ2n) is 6.37. The monoisotopic (exact) mass is 337 g/mol. The molecule has 4 N–H and O–H groups in total. The number of amides is 3. The molecule has 24 heavy (non-hydrogen) atoms. The van der Waals surface area contributed by atoms with Crippen LogP contribution < -0.4 is 11.1 Å². The van der Waals surface area contributed by atoms with Gasteiger partial charge in [-0.15, -0.1) is 5.10 Å². The topological polar surface area (TPSA) is 129 Å². The maximum absolute atomic E-state index is 12.3. The predicted octanol–water partition coefficient (Wildman–Crippen LogP) is -0.0543. The fourth-order valence-electron chi connectivity index (χ4n) is 3.24. The van der Waals surface area contributed by atoms with Gasteiger partial charge >= 0.3 is 12.1 Å². The first-order valence-corrected chi connectivity index (χ1v) is 8.11. The Morgan fingerprint density at radius 1 is 1.46 bits per heavy atom. The minimum absolute atomic E-state index is 0.114. The zero-order valence-electron chi connectivity index (χ0n) is 13.7. The maximum atomic E-state index is 12.3. The number of hydrogen-bond donors (Lipinski definition) is 3. The number of aromatic nitrogens is 3. The van der Waals surface area contributed by atoms with E-state index in [4.69, 9.17) is 10.5 Å². The standard InChI is InChI=1S/C14H23N7O3/c1-20-9-14(24-13(20)23)4-2-7-21(8-5-14)12(22)16-6-3-10-17-11(15)19-18-10/h2-9H2,1H3,(H,16,22)(H3,15,17,18,19)/t14-/m0/s1. The largest absolute Gasteiger partial charge is 0.441 e. The van der Waals surface area contributed by atoms with Crippen molar-refractivity contribution in [2.24, 2.45) is 0 Å². The Hall–Kier alpha value is -2.52. The summed E-state index contributed by atoms with van der Waals surface area (Å²) in [5.41, 5.74) is 4.99. The Morgan fingerprint density at radius 2 is 2.29 bits per heavy atom. The molecule has 1 aromatic rings. The van der Waals surface area contributed by atoms with Crippen molar-refractivity contribution < 1.29 is 14.3 Å². The number of likely N-dealkylation sites (tertiary alicyclic amines) is 1. The van der Waals surface area contributed by atoms with E-state index in [1.807, 2.05) is 0 Å². The Morgan fingerprint density at radius 3 is 2.96 bits per heavy atom. The van der Waals surface area contributed by atoms with E-state index in [0.29, 0.717) is 44.8 Å². The molecule has 0 aromatic carbocycles. The molecule has 1 spiro atoms. The zero-order chi connectivity index (χ0) is 17.2. The number of nitrogens with one attached hydrogen (secondary N) is 2. The molecule has 1 aromatic heterocycles. The average molecular weight is 337 g/mol. The van der Waals surface area contributed by atoms with Gasteiger partial charge in [0, 0.05) is 39.5 Å². The van der Waals surface area contributed by atoms with Crippen molar-refractivity contribution in [1.29, 1.82) is 0 Å². The molecule has 10 heteroatoms. The van der Waals surface area contributed by atoms with Crippen LogP contribution in [0.3, 0.4) is 0 Å². The minimum atomic E-state index is -0.446. The molecule has 0 saturated carbocycles. The third kappa shape index (κ3) is 3.52. The number of nitrogen functional groups attached to an aromatic ring is 1. The summed E-state index contributed by atoms with van der Waals surface area (Å²) in [5.74, 6) is 0.841. The van der Waals surface area contributed by atoms with Crippen LogP contribution in [0.15, 0.2) is 0 Å². The number of carbonyl (C=O) groups is 2. The zero-order valence-corrected chi connectivity index (χ0v) is 13.7. The van der Waals surface area contributed by atoms with E-state index in [1.54, 1.807) is 16.8 Å². The Kier molecular flexibility index (Phi) is 4.45. The van der Waals surface area contributed by atoms with Crippen molar-refractivity contribution in [1.82, 2.24) is 30.3 Å². The molecular formula is C14H23N7O3. The van der Waals surface area contributed by atoms with Crippen LogP contribution in [0.4, 0.5) is 15.5 Å². The van der Waals surface area contributed by atoms with Gasteiger partial charge < -0.3 is 25.6 Å². The van der Waals surface area contributed by atoms with E-state index in [-0.39, 0.29) is 18.1 Å². The molecule has 1 atom stereocenters. The first-order chi connectivity index (χ1) is 11.5. The molecule has 2 saturated heterocycles. The number of rotatable bonds is 3. The van der Waals surface area contributed by atoms with Gasteiger partial charge in [0.25, 0.3) is 0 Å². The van der Waals surface area contributed by atoms with E-state index >= 15 is 0 Å². The highest BCUT2D eigenvalue weighted by Crippen LogP contribution is 2.32. The second kappa shape index (κ2) is 6.54. The molecule has 2 fully saturated rings. The number of likely N-dealkylation sites (N-methyl/N-ethyl adjacent to an activating group) is 1. The smallest absolute Gasteiger partial charge is 0.410 e. The summed E-state index contributed by atoms with van der Waals surface area (Å²) in [7, 11) is 1.74. The number of aromatic amines is 1. The van der Waals surface area contributed by atoms with E-state index in [0.717, 1.165) is 12.8 Å². The van der Waals surface area contributed by atoms with Gasteiger partial charge in [-0.1, -0.05) is 0 Å². The fraction of sp³-hybridized carbons (Fsp3) is 0.714. The normalized spacial score (nSPS) is 24.1. The summed E-state index contributed by atoms with van der Waals surface area (Å²) in [6.45, 7) is 2.27. The molecule has 3 amide bonds. The highest BCUT2D eigenvalue weighted by atomic mass is 16.6. The van der Waals surface area contributed by atoms with Crippen LogP contribution in [0, 0.1) is 0 Å². The number of ether oxygens (including phenoxy) is 1. The first kappa shape index (κ1) is 16.3. The first-order valence-electron chi connectivity index (χ1n) is 8.11. The lowest BCUT2D eigenvalue weighted by Crippen LogP contribution is -2.42. The van der Waals surface area contributed by atoms with Crippen LogP contribution in [0.25, 0.3) is 0 Å². The van der Waals surface area contributed by atoms with Gasteiger partial charge in [-0.3, -0.25) is 5.10 Å². The molecule has 3 rings (SSSR count). The molecule has 2 aliphatic rings. The summed E-state index contributed by atoms with van der Waals surface area (Å²) < 4.78 is 5.55. The molecule has 10 nitrogen and oxygen atoms in total. The molecule has 0 bridgehead atoms. The van der Waals surface area contributed by atoms with Crippen molar-refractivity contribution in [2.45, 2.75) is 31.3 Å². The van der Waals surface area contributed by atoms with Crippen molar-refractivity contribution in [2.75, 3.05) is 39.0 Å². The third-order valence-electron chi connectivity index (χ3n) is 4.51. The van der Waals surface area contributed by atoms with Crippen LogP contribution in [0.2, 0.25) is 0 Å². The molecule has 2 aliphatic heterocycles. The molecular weight excluding hydrogens is 314 g/mol. The van der Waals surface area contributed by atoms with E-state index < -0.39 is 5.60 Å². The number of carbonyl (C=O) groups excluding carboxylic acids is 2. The lowest BCUT2D eigenvalue weighted by Gasteiger charge is -2.25. The SMILES string of the molecule is CN1C[C@@]2(CCCN(C(=O)NCCc3nc(N)n[nH]3)CC2)OC1=O. The highest BCUT2D eigenvalue weighted by Gasteiger charge is 2.44. The fourth-order valence-corrected chi connectivity index (χ4v) is 3.24. The van der Waals surface area contributed by atoms with Gasteiger partial charge in [0.15, 0.2) is 0 Å². The number of hydrogen-bond acceptors (Lipinski definition) is 6. The molecule has 3 heterocycles. The van der Waals surface area contributed by atoms with Crippen molar-refractivity contribution >= 4 is 18.1 Å². The quantitative estimate of drug-likeness (QED) is 0.709. The third-order valence-corrected chi connectivity index (χ3v) is 4.51. The highest BCUT2D eigenvalue weighted by molar-refractivity contribution is 5.74. The summed E-state index contributed by atoms with van der Waals surface area (Å²) in [6, 6.07) is -0.114. The lowest BCUT2D eigenvalue weighted by atomic mass is 9.95. The number of nitrogens with zero attached hydrogens (tertiary/aromatic N) is 4. The maximum Gasteiger partial charge on any atom is 0.410 e. The summed E-state index contributed by atoms with van der Waals surface area (Å²) >= 11 is 0. The van der Waals surface area contributed by atoms with Crippen molar-refractivity contribution in [3.05, 3.63) is 5.82 Å². The number of H-pyrrole nitrogens is 1. The van der Waals surface area contributed by atoms with Gasteiger partial charge in [0.05, 0.1) is 6.54 Å². The van der Waals surface area contributed by atoms with Crippen LogP contribution in [0.1, 0.15) is 25.1 Å². The van der Waals surface area contributed by atoms with Gasteiger partial charge in [-0.05, 0) is 12.8 Å². The van der Waals surface area contributed by atoms with Gasteiger partial charge in [-0.2, -0.15) is 4.98 Å². The van der Waals surface area contributed by atoms with Crippen LogP contribution >= 0.6 is 0 Å². The van der Waals surface area contributed by atoms with Gasteiger partial charge in [0.1, 0.15) is 11.4 Å². The average Bonchev–Trinajstić information content (AvgIpc) is 2.98. The molecule has 132 valence electrons. The van der Waals surface area contributed by atoms with E-state index in [1.165, 1.54) is 0 Å². The van der Waals surface area contributed by atoms with E-state index in [9.17, 15) is 9.59 Å². The number of anilines is 1. The number of nitrogens with two attached hydrogens (primary N) is 1. The second-order valence-corrected chi connectivity index (χ2v) is 6.37.